The Morgan fingerprint density at radius 2 is 2.18 bits per heavy atom. The Bertz CT molecular complexity index is 678. The minimum Gasteiger partial charge on any atom is -0.328 e. The van der Waals surface area contributed by atoms with E-state index in [9.17, 15) is 18.5 Å². The third-order valence-corrected chi connectivity index (χ3v) is 6.29. The van der Waals surface area contributed by atoms with E-state index in [0.29, 0.717) is 24.0 Å². The highest BCUT2D eigenvalue weighted by Crippen LogP contribution is 2.32. The average Bonchev–Trinajstić information content (AvgIpc) is 2.47. The summed E-state index contributed by atoms with van der Waals surface area (Å²) in [4.78, 5) is 10.2. The molecule has 1 saturated heterocycles. The Balaban J connectivity index is 2.42. The Hall–Kier alpha value is -1.03. The monoisotopic (exact) mass is 391 g/mol. The van der Waals surface area contributed by atoms with Gasteiger partial charge in [0, 0.05) is 29.7 Å². The number of nitro groups is 1. The molecule has 1 heterocycles. The van der Waals surface area contributed by atoms with E-state index in [1.165, 1.54) is 22.5 Å². The van der Waals surface area contributed by atoms with Gasteiger partial charge in [-0.1, -0.05) is 15.9 Å². The van der Waals surface area contributed by atoms with Crippen molar-refractivity contribution in [1.82, 2.24) is 4.31 Å². The van der Waals surface area contributed by atoms with Crippen LogP contribution in [0.2, 0.25) is 0 Å². The molecule has 2 rings (SSSR count). The molecule has 0 amide bonds. The fourth-order valence-electron chi connectivity index (χ4n) is 2.61. The minimum atomic E-state index is -3.92. The summed E-state index contributed by atoms with van der Waals surface area (Å²) >= 11 is 3.17. The molecule has 1 aliphatic heterocycles. The van der Waals surface area contributed by atoms with E-state index in [1.54, 1.807) is 0 Å². The zero-order chi connectivity index (χ0) is 16.5. The molecular weight excluding hydrogens is 374 g/mol. The molecule has 7 nitrogen and oxygen atoms in total. The molecule has 1 aromatic rings. The Morgan fingerprint density at radius 1 is 1.50 bits per heavy atom. The summed E-state index contributed by atoms with van der Waals surface area (Å²) in [6.45, 7) is 2.50. The van der Waals surface area contributed by atoms with Crippen LogP contribution in [0, 0.1) is 16.0 Å². The van der Waals surface area contributed by atoms with Gasteiger partial charge in [-0.3, -0.25) is 10.1 Å². The molecule has 0 bridgehead atoms. The van der Waals surface area contributed by atoms with Crippen molar-refractivity contribution in [3.05, 3.63) is 32.8 Å². The number of sulfonamides is 1. The first-order valence-electron chi connectivity index (χ1n) is 6.93. The van der Waals surface area contributed by atoms with Crippen molar-refractivity contribution in [3.8, 4) is 0 Å². The largest absolute Gasteiger partial charge is 0.328 e. The lowest BCUT2D eigenvalue weighted by Gasteiger charge is -2.33. The summed E-state index contributed by atoms with van der Waals surface area (Å²) in [6.07, 6.45) is 1.57. The van der Waals surface area contributed by atoms with Crippen molar-refractivity contribution in [2.24, 2.45) is 11.7 Å². The van der Waals surface area contributed by atoms with Crippen molar-refractivity contribution in [3.63, 3.8) is 0 Å². The first kappa shape index (κ1) is 17.3. The first-order valence-corrected chi connectivity index (χ1v) is 9.16. The first-order chi connectivity index (χ1) is 10.2. The van der Waals surface area contributed by atoms with E-state index < -0.39 is 20.6 Å². The lowest BCUT2D eigenvalue weighted by Crippen LogP contribution is -2.45. The van der Waals surface area contributed by atoms with Crippen molar-refractivity contribution in [1.29, 1.82) is 0 Å². The van der Waals surface area contributed by atoms with Gasteiger partial charge in [-0.2, -0.15) is 4.31 Å². The molecule has 0 radical (unpaired) electrons. The highest BCUT2D eigenvalue weighted by Gasteiger charge is 2.35. The summed E-state index contributed by atoms with van der Waals surface area (Å²) < 4.78 is 27.4. The molecule has 1 fully saturated rings. The van der Waals surface area contributed by atoms with Crippen LogP contribution in [-0.2, 0) is 10.0 Å². The summed E-state index contributed by atoms with van der Waals surface area (Å²) in [7, 11) is -3.92. The van der Waals surface area contributed by atoms with E-state index in [0.717, 1.165) is 6.42 Å². The number of nitrogens with two attached hydrogens (primary N) is 1. The maximum atomic E-state index is 12.8. The van der Waals surface area contributed by atoms with E-state index in [4.69, 9.17) is 5.73 Å². The average molecular weight is 392 g/mol. The van der Waals surface area contributed by atoms with Crippen LogP contribution >= 0.6 is 15.9 Å². The summed E-state index contributed by atoms with van der Waals surface area (Å²) in [6, 6.07) is 3.82. The van der Waals surface area contributed by atoms with Gasteiger partial charge in [0.2, 0.25) is 10.0 Å². The SMILES string of the molecule is CC(N)C1CCCN(S(=O)(=O)c2cc(Br)ccc2[N+](=O)[O-])C1. The van der Waals surface area contributed by atoms with Crippen molar-refractivity contribution >= 4 is 31.6 Å². The van der Waals surface area contributed by atoms with Crippen LogP contribution in [0.4, 0.5) is 5.69 Å². The van der Waals surface area contributed by atoms with Crippen LogP contribution in [0.25, 0.3) is 0 Å². The number of nitro benzene ring substituents is 1. The number of piperidine rings is 1. The predicted octanol–water partition coefficient (Wildman–Crippen LogP) is 2.11. The quantitative estimate of drug-likeness (QED) is 0.624. The third-order valence-electron chi connectivity index (χ3n) is 3.90. The van der Waals surface area contributed by atoms with Gasteiger partial charge in [0.15, 0.2) is 4.90 Å². The van der Waals surface area contributed by atoms with Crippen LogP contribution < -0.4 is 5.73 Å². The fraction of sp³-hybridized carbons (Fsp3) is 0.538. The summed E-state index contributed by atoms with van der Waals surface area (Å²) in [5.41, 5.74) is 5.47. The predicted molar refractivity (Wildman–Crippen MR) is 85.9 cm³/mol. The maximum absolute atomic E-state index is 12.8. The molecule has 0 spiro atoms. The maximum Gasteiger partial charge on any atom is 0.289 e. The number of halogens is 1. The Labute approximate surface area is 137 Å². The highest BCUT2D eigenvalue weighted by atomic mass is 79.9. The second-order valence-corrected chi connectivity index (χ2v) is 8.32. The third kappa shape index (κ3) is 3.48. The summed E-state index contributed by atoms with van der Waals surface area (Å²) in [5, 5.41) is 11.1. The second-order valence-electron chi connectivity index (χ2n) is 5.49. The number of rotatable bonds is 4. The molecule has 2 unspecified atom stereocenters. The lowest BCUT2D eigenvalue weighted by atomic mass is 9.93. The van der Waals surface area contributed by atoms with Gasteiger partial charge in [0.1, 0.15) is 0 Å². The van der Waals surface area contributed by atoms with E-state index in [-0.39, 0.29) is 16.9 Å². The topological polar surface area (TPSA) is 107 Å². The summed E-state index contributed by atoms with van der Waals surface area (Å²) in [5.74, 6) is 0.0646. The standard InChI is InChI=1S/C13H18BrN3O4S/c1-9(15)10-3-2-6-16(8-10)22(20,21)13-7-11(14)4-5-12(13)17(18)19/h4-5,7,9-10H,2-3,6,8,15H2,1H3. The van der Waals surface area contributed by atoms with Gasteiger partial charge < -0.3 is 5.73 Å². The zero-order valence-corrected chi connectivity index (χ0v) is 14.5. The molecule has 0 saturated carbocycles. The lowest BCUT2D eigenvalue weighted by molar-refractivity contribution is -0.387. The van der Waals surface area contributed by atoms with Crippen LogP contribution in [0.1, 0.15) is 19.8 Å². The smallest absolute Gasteiger partial charge is 0.289 e. The molecule has 122 valence electrons. The molecule has 2 N–H and O–H groups in total. The van der Waals surface area contributed by atoms with Gasteiger partial charge in [-0.15, -0.1) is 0 Å². The highest BCUT2D eigenvalue weighted by molar-refractivity contribution is 9.10. The van der Waals surface area contributed by atoms with Crippen molar-refractivity contribution in [2.75, 3.05) is 13.1 Å². The van der Waals surface area contributed by atoms with E-state index >= 15 is 0 Å². The van der Waals surface area contributed by atoms with Gasteiger partial charge in [0.25, 0.3) is 5.69 Å². The fourth-order valence-corrected chi connectivity index (χ4v) is 4.84. The Morgan fingerprint density at radius 3 is 2.77 bits per heavy atom. The van der Waals surface area contributed by atoms with E-state index in [2.05, 4.69) is 15.9 Å². The van der Waals surface area contributed by atoms with Crippen molar-refractivity contribution in [2.45, 2.75) is 30.7 Å². The zero-order valence-electron chi connectivity index (χ0n) is 12.1. The Kier molecular flexibility index (Phi) is 5.21. The number of hydrogen-bond acceptors (Lipinski definition) is 5. The molecule has 22 heavy (non-hydrogen) atoms. The molecule has 1 aliphatic rings. The molecule has 1 aromatic carbocycles. The van der Waals surface area contributed by atoms with Crippen molar-refractivity contribution < 1.29 is 13.3 Å². The molecule has 9 heteroatoms. The van der Waals surface area contributed by atoms with Gasteiger partial charge >= 0.3 is 0 Å². The van der Waals surface area contributed by atoms with Crippen LogP contribution in [0.15, 0.2) is 27.6 Å². The van der Waals surface area contributed by atoms with Crippen LogP contribution in [0.5, 0.6) is 0 Å². The number of nitrogens with zero attached hydrogens (tertiary/aromatic N) is 2. The van der Waals surface area contributed by atoms with Gasteiger partial charge in [0.05, 0.1) is 4.92 Å². The molecular formula is C13H18BrN3O4S. The normalized spacial score (nSPS) is 21.5. The molecule has 0 aliphatic carbocycles. The van der Waals surface area contributed by atoms with Crippen LogP contribution in [0.3, 0.4) is 0 Å². The van der Waals surface area contributed by atoms with E-state index in [1.807, 2.05) is 6.92 Å². The van der Waals surface area contributed by atoms with Gasteiger partial charge in [-0.05, 0) is 37.8 Å². The number of benzene rings is 1. The molecule has 0 aromatic heterocycles. The second kappa shape index (κ2) is 6.61. The molecule has 2 atom stereocenters. The minimum absolute atomic E-state index is 0.0646. The van der Waals surface area contributed by atoms with Gasteiger partial charge in [-0.25, -0.2) is 8.42 Å². The number of hydrogen-bond donors (Lipinski definition) is 1. The van der Waals surface area contributed by atoms with Crippen LogP contribution in [-0.4, -0.2) is 36.8 Å².